The van der Waals surface area contributed by atoms with E-state index in [2.05, 4.69) is 69.3 Å². The molecule has 0 bridgehead atoms. The third-order valence-corrected chi connectivity index (χ3v) is 6.67. The Labute approximate surface area is 187 Å². The highest BCUT2D eigenvalue weighted by Crippen LogP contribution is 2.56. The first kappa shape index (κ1) is 21.8. The summed E-state index contributed by atoms with van der Waals surface area (Å²) in [6.07, 6.45) is 9.05. The zero-order valence-electron chi connectivity index (χ0n) is 19.2. The van der Waals surface area contributed by atoms with Gasteiger partial charge in [0, 0.05) is 11.5 Å². The largest absolute Gasteiger partial charge is 0.494 e. The first-order valence-electron chi connectivity index (χ1n) is 12.0. The van der Waals surface area contributed by atoms with Crippen LogP contribution in [0.15, 0.2) is 54.1 Å². The molecule has 4 rings (SSSR count). The average Bonchev–Trinajstić information content (AvgIpc) is 3.24. The molecule has 2 aliphatic rings. The fraction of sp³-hybridized carbons (Fsp3) is 0.500. The molecule has 31 heavy (non-hydrogen) atoms. The Bertz CT molecular complexity index is 884. The number of ether oxygens (including phenoxy) is 3. The summed E-state index contributed by atoms with van der Waals surface area (Å²) in [6, 6.07) is 14.9. The molecule has 1 saturated carbocycles. The summed E-state index contributed by atoms with van der Waals surface area (Å²) in [5.74, 6) is 3.86. The van der Waals surface area contributed by atoms with Crippen molar-refractivity contribution in [2.45, 2.75) is 71.3 Å². The number of allylic oxidation sites excluding steroid dienone is 2. The normalized spacial score (nSPS) is 23.2. The predicted molar refractivity (Wildman–Crippen MR) is 126 cm³/mol. The van der Waals surface area contributed by atoms with Crippen molar-refractivity contribution in [3.63, 3.8) is 0 Å². The molecule has 2 aromatic rings. The topological polar surface area (TPSA) is 27.7 Å². The molecular formula is C28H36O3. The smallest absolute Gasteiger partial charge is 0.127 e. The molecule has 0 unspecified atom stereocenters. The lowest BCUT2D eigenvalue weighted by atomic mass is 9.80. The van der Waals surface area contributed by atoms with Crippen molar-refractivity contribution in [3.8, 4) is 17.2 Å². The van der Waals surface area contributed by atoms with Gasteiger partial charge in [-0.3, -0.25) is 0 Å². The highest BCUT2D eigenvalue weighted by molar-refractivity contribution is 5.47. The maximum Gasteiger partial charge on any atom is 0.127 e. The summed E-state index contributed by atoms with van der Waals surface area (Å²) in [7, 11) is 0. The molecule has 0 aromatic heterocycles. The SMILES string of the molecule is CC=C1C[C@H]2[C@@H](C1)c1cc(OCCCC)ccc1O[C@H]2c1ccc(OCCCC)cc1. The van der Waals surface area contributed by atoms with Gasteiger partial charge in [-0.1, -0.05) is 50.5 Å². The van der Waals surface area contributed by atoms with Crippen LogP contribution in [-0.4, -0.2) is 13.2 Å². The summed E-state index contributed by atoms with van der Waals surface area (Å²) < 4.78 is 18.5. The number of hydrogen-bond donors (Lipinski definition) is 0. The molecule has 3 atom stereocenters. The van der Waals surface area contributed by atoms with Gasteiger partial charge in [0.15, 0.2) is 0 Å². The quantitative estimate of drug-likeness (QED) is 0.308. The Morgan fingerprint density at radius 2 is 1.58 bits per heavy atom. The summed E-state index contributed by atoms with van der Waals surface area (Å²) in [4.78, 5) is 0. The Kier molecular flexibility index (Phi) is 7.21. The second-order valence-corrected chi connectivity index (χ2v) is 8.84. The summed E-state index contributed by atoms with van der Waals surface area (Å²) in [6.45, 7) is 8.09. The first-order chi connectivity index (χ1) is 15.2. The van der Waals surface area contributed by atoms with Crippen molar-refractivity contribution in [1.82, 2.24) is 0 Å². The van der Waals surface area contributed by atoms with E-state index in [1.54, 1.807) is 0 Å². The molecule has 0 spiro atoms. The van der Waals surface area contributed by atoms with Gasteiger partial charge in [-0.2, -0.15) is 0 Å². The second kappa shape index (κ2) is 10.3. The van der Waals surface area contributed by atoms with Gasteiger partial charge in [0.25, 0.3) is 0 Å². The predicted octanol–water partition coefficient (Wildman–Crippen LogP) is 7.62. The third-order valence-electron chi connectivity index (χ3n) is 6.67. The third kappa shape index (κ3) is 4.92. The average molecular weight is 421 g/mol. The second-order valence-electron chi connectivity index (χ2n) is 8.84. The van der Waals surface area contributed by atoms with Gasteiger partial charge in [-0.25, -0.2) is 0 Å². The zero-order chi connectivity index (χ0) is 21.6. The van der Waals surface area contributed by atoms with Gasteiger partial charge in [0.2, 0.25) is 0 Å². The number of hydrogen-bond acceptors (Lipinski definition) is 3. The minimum absolute atomic E-state index is 0.0755. The van der Waals surface area contributed by atoms with Gasteiger partial charge in [0.05, 0.1) is 13.2 Å². The van der Waals surface area contributed by atoms with Crippen LogP contribution < -0.4 is 14.2 Å². The van der Waals surface area contributed by atoms with Crippen LogP contribution in [0.1, 0.15) is 82.4 Å². The van der Waals surface area contributed by atoms with E-state index in [1.165, 1.54) is 16.7 Å². The molecule has 3 heteroatoms. The van der Waals surface area contributed by atoms with E-state index >= 15 is 0 Å². The van der Waals surface area contributed by atoms with E-state index in [1.807, 2.05) is 0 Å². The van der Waals surface area contributed by atoms with E-state index in [4.69, 9.17) is 14.2 Å². The monoisotopic (exact) mass is 420 g/mol. The van der Waals surface area contributed by atoms with Crippen LogP contribution in [-0.2, 0) is 0 Å². The Morgan fingerprint density at radius 1 is 0.903 bits per heavy atom. The highest BCUT2D eigenvalue weighted by Gasteiger charge is 2.43. The Hall–Kier alpha value is -2.42. The van der Waals surface area contributed by atoms with Crippen molar-refractivity contribution in [3.05, 3.63) is 65.2 Å². The van der Waals surface area contributed by atoms with Gasteiger partial charge in [-0.15, -0.1) is 0 Å². The van der Waals surface area contributed by atoms with Crippen LogP contribution in [0.2, 0.25) is 0 Å². The lowest BCUT2D eigenvalue weighted by Gasteiger charge is -2.36. The molecule has 1 fully saturated rings. The van der Waals surface area contributed by atoms with E-state index in [0.717, 1.165) is 69.0 Å². The molecule has 3 nitrogen and oxygen atoms in total. The van der Waals surface area contributed by atoms with Crippen LogP contribution in [0, 0.1) is 5.92 Å². The van der Waals surface area contributed by atoms with Crippen molar-refractivity contribution in [1.29, 1.82) is 0 Å². The fourth-order valence-corrected chi connectivity index (χ4v) is 4.83. The molecule has 0 amide bonds. The lowest BCUT2D eigenvalue weighted by molar-refractivity contribution is 0.105. The first-order valence-corrected chi connectivity index (χ1v) is 12.0. The highest BCUT2D eigenvalue weighted by atomic mass is 16.5. The number of unbranched alkanes of at least 4 members (excludes halogenated alkanes) is 2. The van der Waals surface area contributed by atoms with E-state index in [-0.39, 0.29) is 6.10 Å². The molecule has 1 aliphatic heterocycles. The maximum atomic E-state index is 6.62. The van der Waals surface area contributed by atoms with Crippen LogP contribution in [0.5, 0.6) is 17.2 Å². The van der Waals surface area contributed by atoms with Crippen molar-refractivity contribution in [2.24, 2.45) is 5.92 Å². The number of benzene rings is 2. The molecular weight excluding hydrogens is 384 g/mol. The van der Waals surface area contributed by atoms with Crippen LogP contribution in [0.4, 0.5) is 0 Å². The summed E-state index contributed by atoms with van der Waals surface area (Å²) >= 11 is 0. The summed E-state index contributed by atoms with van der Waals surface area (Å²) in [5.41, 5.74) is 4.09. The van der Waals surface area contributed by atoms with Crippen LogP contribution in [0.25, 0.3) is 0 Å². The Morgan fingerprint density at radius 3 is 2.26 bits per heavy atom. The molecule has 2 aromatic carbocycles. The van der Waals surface area contributed by atoms with Gasteiger partial charge < -0.3 is 14.2 Å². The summed E-state index contributed by atoms with van der Waals surface area (Å²) in [5, 5.41) is 0. The van der Waals surface area contributed by atoms with Gasteiger partial charge >= 0.3 is 0 Å². The van der Waals surface area contributed by atoms with Crippen LogP contribution in [0.3, 0.4) is 0 Å². The fourth-order valence-electron chi connectivity index (χ4n) is 4.83. The molecule has 1 heterocycles. The van der Waals surface area contributed by atoms with Crippen LogP contribution >= 0.6 is 0 Å². The van der Waals surface area contributed by atoms with E-state index < -0.39 is 0 Å². The standard InChI is InChI=1S/C28H36O3/c1-4-7-15-29-22-11-9-21(10-12-22)28-26-18-20(6-3)17-24(26)25-19-23(30-16-8-5-2)13-14-27(25)31-28/h6,9-14,19,24,26,28H,4-5,7-8,15-18H2,1-3H3/t24-,26-,28-/m0/s1. The molecule has 0 saturated heterocycles. The molecule has 1 aliphatic carbocycles. The van der Waals surface area contributed by atoms with Crippen molar-refractivity contribution < 1.29 is 14.2 Å². The molecule has 0 radical (unpaired) electrons. The van der Waals surface area contributed by atoms with Crippen molar-refractivity contribution in [2.75, 3.05) is 13.2 Å². The van der Waals surface area contributed by atoms with Gasteiger partial charge in [-0.05, 0) is 74.4 Å². The zero-order valence-corrected chi connectivity index (χ0v) is 19.2. The lowest BCUT2D eigenvalue weighted by Crippen LogP contribution is -2.26. The minimum Gasteiger partial charge on any atom is -0.494 e. The Balaban J connectivity index is 1.57. The number of rotatable bonds is 9. The minimum atomic E-state index is 0.0755. The van der Waals surface area contributed by atoms with Gasteiger partial charge in [0.1, 0.15) is 23.4 Å². The van der Waals surface area contributed by atoms with E-state index in [9.17, 15) is 0 Å². The molecule has 166 valence electrons. The number of fused-ring (bicyclic) bond motifs is 3. The molecule has 0 N–H and O–H groups in total. The maximum absolute atomic E-state index is 6.62. The van der Waals surface area contributed by atoms with E-state index in [0.29, 0.717) is 11.8 Å². The van der Waals surface area contributed by atoms with Crippen molar-refractivity contribution >= 4 is 0 Å².